The van der Waals surface area contributed by atoms with Gasteiger partial charge in [-0.25, -0.2) is 0 Å². The van der Waals surface area contributed by atoms with Gasteiger partial charge in [-0.15, -0.1) is 0 Å². The van der Waals surface area contributed by atoms with E-state index in [9.17, 15) is 0 Å². The molecule has 1 aromatic heterocycles. The molecular formula is C19H17N. The third kappa shape index (κ3) is 2.00. The van der Waals surface area contributed by atoms with Gasteiger partial charge in [0.25, 0.3) is 0 Å². The summed E-state index contributed by atoms with van der Waals surface area (Å²) in [5.74, 6) is 0.645. The maximum absolute atomic E-state index is 4.84. The lowest BCUT2D eigenvalue weighted by Gasteiger charge is -2.24. The second-order valence-corrected chi connectivity index (χ2v) is 5.64. The lowest BCUT2D eigenvalue weighted by molar-refractivity contribution is 0.576. The van der Waals surface area contributed by atoms with E-state index >= 15 is 0 Å². The molecule has 1 atom stereocenters. The van der Waals surface area contributed by atoms with E-state index in [0.717, 1.165) is 18.4 Å². The zero-order valence-electron chi connectivity index (χ0n) is 11.4. The number of fused-ring (bicyclic) bond motifs is 2. The molecule has 1 nitrogen and oxygen atoms in total. The van der Waals surface area contributed by atoms with E-state index in [1.54, 1.807) is 0 Å². The highest BCUT2D eigenvalue weighted by atomic mass is 14.7. The predicted molar refractivity (Wildman–Crippen MR) is 83.0 cm³/mol. The zero-order chi connectivity index (χ0) is 13.4. The summed E-state index contributed by atoms with van der Waals surface area (Å²) >= 11 is 0. The minimum absolute atomic E-state index is 0.645. The van der Waals surface area contributed by atoms with Crippen LogP contribution in [0.2, 0.25) is 0 Å². The molecule has 0 saturated heterocycles. The van der Waals surface area contributed by atoms with Crippen LogP contribution in [0.3, 0.4) is 0 Å². The zero-order valence-corrected chi connectivity index (χ0v) is 11.4. The van der Waals surface area contributed by atoms with Crippen molar-refractivity contribution in [3.63, 3.8) is 0 Å². The molecule has 98 valence electrons. The summed E-state index contributed by atoms with van der Waals surface area (Å²) in [5.41, 5.74) is 5.33. The van der Waals surface area contributed by atoms with Gasteiger partial charge in [-0.3, -0.25) is 4.98 Å². The van der Waals surface area contributed by atoms with Gasteiger partial charge < -0.3 is 0 Å². The number of pyridine rings is 1. The third-order valence-electron chi connectivity index (χ3n) is 4.36. The van der Waals surface area contributed by atoms with Crippen LogP contribution in [0.15, 0.2) is 60.7 Å². The van der Waals surface area contributed by atoms with Gasteiger partial charge in [-0.1, -0.05) is 48.5 Å². The van der Waals surface area contributed by atoms with E-state index in [-0.39, 0.29) is 0 Å². The Morgan fingerprint density at radius 3 is 2.60 bits per heavy atom. The fourth-order valence-corrected chi connectivity index (χ4v) is 3.28. The van der Waals surface area contributed by atoms with Crippen LogP contribution in [0, 0.1) is 0 Å². The fraction of sp³-hybridized carbons (Fsp3) is 0.211. The van der Waals surface area contributed by atoms with Crippen LogP contribution in [0.1, 0.15) is 29.2 Å². The molecule has 0 fully saturated rings. The van der Waals surface area contributed by atoms with E-state index < -0.39 is 0 Å². The minimum atomic E-state index is 0.645. The Labute approximate surface area is 119 Å². The van der Waals surface area contributed by atoms with Crippen LogP contribution in [-0.2, 0) is 12.8 Å². The largest absolute Gasteiger partial charge is 0.253 e. The first-order valence-electron chi connectivity index (χ1n) is 7.32. The molecule has 1 heteroatoms. The first kappa shape index (κ1) is 11.7. The highest BCUT2D eigenvalue weighted by Gasteiger charge is 2.21. The summed E-state index contributed by atoms with van der Waals surface area (Å²) in [6, 6.07) is 21.7. The molecule has 4 rings (SSSR count). The van der Waals surface area contributed by atoms with Gasteiger partial charge in [-0.2, -0.15) is 0 Å². The van der Waals surface area contributed by atoms with E-state index in [1.807, 2.05) is 0 Å². The topological polar surface area (TPSA) is 12.9 Å². The Morgan fingerprint density at radius 1 is 0.900 bits per heavy atom. The van der Waals surface area contributed by atoms with E-state index in [2.05, 4.69) is 60.7 Å². The number of hydrogen-bond donors (Lipinski definition) is 0. The standard InChI is InChI=1S/C19H17N/c1-2-6-14(7-3-1)15-10-11-19-17(12-15)13-16-8-4-5-9-18(16)20-19/h1-9,13,15H,10-12H2/t15-/m0/s1. The molecule has 0 radical (unpaired) electrons. The highest BCUT2D eigenvalue weighted by molar-refractivity contribution is 5.79. The molecule has 3 aromatic rings. The molecule has 1 aliphatic rings. The predicted octanol–water partition coefficient (Wildman–Crippen LogP) is 4.51. The van der Waals surface area contributed by atoms with Crippen molar-refractivity contribution >= 4 is 10.9 Å². The van der Waals surface area contributed by atoms with Crippen molar-refractivity contribution in [1.82, 2.24) is 4.98 Å². The second-order valence-electron chi connectivity index (χ2n) is 5.64. The number of para-hydroxylation sites is 1. The van der Waals surface area contributed by atoms with Crippen LogP contribution < -0.4 is 0 Å². The van der Waals surface area contributed by atoms with Gasteiger partial charge >= 0.3 is 0 Å². The first-order valence-corrected chi connectivity index (χ1v) is 7.32. The average molecular weight is 259 g/mol. The molecule has 1 heterocycles. The van der Waals surface area contributed by atoms with Gasteiger partial charge in [0.15, 0.2) is 0 Å². The fourth-order valence-electron chi connectivity index (χ4n) is 3.28. The van der Waals surface area contributed by atoms with E-state index in [4.69, 9.17) is 4.98 Å². The summed E-state index contributed by atoms with van der Waals surface area (Å²) in [6.07, 6.45) is 3.43. The number of rotatable bonds is 1. The molecule has 2 aromatic carbocycles. The summed E-state index contributed by atoms with van der Waals surface area (Å²) in [7, 11) is 0. The van der Waals surface area contributed by atoms with Crippen molar-refractivity contribution in [2.24, 2.45) is 0 Å². The summed E-state index contributed by atoms with van der Waals surface area (Å²) in [4.78, 5) is 4.84. The quantitative estimate of drug-likeness (QED) is 0.626. The minimum Gasteiger partial charge on any atom is -0.253 e. The second kappa shape index (κ2) is 4.75. The van der Waals surface area contributed by atoms with Crippen molar-refractivity contribution in [3.8, 4) is 0 Å². The van der Waals surface area contributed by atoms with Gasteiger partial charge in [0.1, 0.15) is 0 Å². The molecule has 0 bridgehead atoms. The van der Waals surface area contributed by atoms with Crippen LogP contribution in [-0.4, -0.2) is 4.98 Å². The Balaban J connectivity index is 1.74. The molecule has 20 heavy (non-hydrogen) atoms. The summed E-state index contributed by atoms with van der Waals surface area (Å²) in [5, 5.41) is 1.26. The highest BCUT2D eigenvalue weighted by Crippen LogP contribution is 2.33. The average Bonchev–Trinajstić information content (AvgIpc) is 2.53. The monoisotopic (exact) mass is 259 g/mol. The Bertz CT molecular complexity index is 746. The molecule has 0 unspecified atom stereocenters. The molecule has 0 saturated carbocycles. The summed E-state index contributed by atoms with van der Waals surface area (Å²) < 4.78 is 0. The van der Waals surface area contributed by atoms with Crippen molar-refractivity contribution in [2.75, 3.05) is 0 Å². The SMILES string of the molecule is c1ccc([C@H]2CCc3nc4ccccc4cc3C2)cc1. The maximum Gasteiger partial charge on any atom is 0.0705 e. The first-order chi connectivity index (χ1) is 9.90. The molecular weight excluding hydrogens is 242 g/mol. The molecule has 1 aliphatic carbocycles. The van der Waals surface area contributed by atoms with Crippen molar-refractivity contribution in [2.45, 2.75) is 25.2 Å². The van der Waals surface area contributed by atoms with E-state index in [1.165, 1.54) is 28.6 Å². The number of benzene rings is 2. The van der Waals surface area contributed by atoms with Crippen molar-refractivity contribution < 1.29 is 0 Å². The lowest BCUT2D eigenvalue weighted by atomic mass is 9.82. The molecule has 0 N–H and O–H groups in total. The van der Waals surface area contributed by atoms with Gasteiger partial charge in [0.05, 0.1) is 5.52 Å². The van der Waals surface area contributed by atoms with Crippen LogP contribution >= 0.6 is 0 Å². The van der Waals surface area contributed by atoms with Crippen LogP contribution in [0.4, 0.5) is 0 Å². The van der Waals surface area contributed by atoms with Crippen LogP contribution in [0.25, 0.3) is 10.9 Å². The maximum atomic E-state index is 4.84. The Morgan fingerprint density at radius 2 is 1.70 bits per heavy atom. The molecule has 0 spiro atoms. The summed E-state index contributed by atoms with van der Waals surface area (Å²) in [6.45, 7) is 0. The van der Waals surface area contributed by atoms with Gasteiger partial charge in [-0.05, 0) is 48.4 Å². The number of aryl methyl sites for hydroxylation is 1. The number of nitrogens with zero attached hydrogens (tertiary/aromatic N) is 1. The number of hydrogen-bond acceptors (Lipinski definition) is 1. The van der Waals surface area contributed by atoms with E-state index in [0.29, 0.717) is 5.92 Å². The molecule has 0 amide bonds. The van der Waals surface area contributed by atoms with Crippen LogP contribution in [0.5, 0.6) is 0 Å². The smallest absolute Gasteiger partial charge is 0.0705 e. The van der Waals surface area contributed by atoms with Crippen molar-refractivity contribution in [1.29, 1.82) is 0 Å². The van der Waals surface area contributed by atoms with Gasteiger partial charge in [0.2, 0.25) is 0 Å². The third-order valence-corrected chi connectivity index (χ3v) is 4.36. The Kier molecular flexibility index (Phi) is 2.77. The normalized spacial score (nSPS) is 17.9. The lowest BCUT2D eigenvalue weighted by Crippen LogP contribution is -2.14. The molecule has 0 aliphatic heterocycles. The van der Waals surface area contributed by atoms with Gasteiger partial charge in [0, 0.05) is 11.1 Å². The number of aromatic nitrogens is 1. The Hall–Kier alpha value is -2.15. The van der Waals surface area contributed by atoms with Crippen molar-refractivity contribution in [3.05, 3.63) is 77.5 Å².